The molecule has 2 aromatic carbocycles. The van der Waals surface area contributed by atoms with Gasteiger partial charge < -0.3 is 0 Å². The maximum absolute atomic E-state index is 4.32. The van der Waals surface area contributed by atoms with Gasteiger partial charge in [0.15, 0.2) is 0 Å². The highest BCUT2D eigenvalue weighted by molar-refractivity contribution is 7.99. The summed E-state index contributed by atoms with van der Waals surface area (Å²) in [6.07, 6.45) is 1.83. The van der Waals surface area contributed by atoms with Gasteiger partial charge in [-0.25, -0.2) is 0 Å². The molecule has 0 spiro atoms. The summed E-state index contributed by atoms with van der Waals surface area (Å²) in [6, 6.07) is 20.8. The zero-order valence-corrected chi connectivity index (χ0v) is 10.0. The van der Waals surface area contributed by atoms with E-state index in [1.54, 1.807) is 11.8 Å². The van der Waals surface area contributed by atoms with Crippen molar-refractivity contribution in [2.45, 2.75) is 9.79 Å². The molecular formula is C15H11NS. The molecule has 82 valence electrons. The Labute approximate surface area is 105 Å². The minimum atomic E-state index is 1.05. The summed E-state index contributed by atoms with van der Waals surface area (Å²) in [7, 11) is 0. The molecule has 1 aromatic heterocycles. The molecule has 3 rings (SSSR count). The molecule has 1 nitrogen and oxygen atoms in total. The van der Waals surface area contributed by atoms with Gasteiger partial charge in [0.2, 0.25) is 0 Å². The second-order valence-electron chi connectivity index (χ2n) is 3.77. The van der Waals surface area contributed by atoms with E-state index in [1.807, 2.05) is 18.3 Å². The quantitative estimate of drug-likeness (QED) is 0.655. The highest BCUT2D eigenvalue weighted by Crippen LogP contribution is 2.29. The Morgan fingerprint density at radius 1 is 0.765 bits per heavy atom. The van der Waals surface area contributed by atoms with Crippen LogP contribution in [0.5, 0.6) is 0 Å². The van der Waals surface area contributed by atoms with Crippen LogP contribution in [0.15, 0.2) is 76.7 Å². The Kier molecular flexibility index (Phi) is 2.80. The van der Waals surface area contributed by atoms with Gasteiger partial charge >= 0.3 is 0 Å². The van der Waals surface area contributed by atoms with E-state index in [1.165, 1.54) is 15.2 Å². The normalized spacial score (nSPS) is 10.6. The van der Waals surface area contributed by atoms with Crippen molar-refractivity contribution in [2.24, 2.45) is 0 Å². The van der Waals surface area contributed by atoms with Crippen molar-refractivity contribution >= 4 is 22.7 Å². The van der Waals surface area contributed by atoms with E-state index >= 15 is 0 Å². The largest absolute Gasteiger partial charge is 0.256 e. The molecule has 0 bridgehead atoms. The van der Waals surface area contributed by atoms with Gasteiger partial charge in [-0.05, 0) is 36.4 Å². The molecule has 0 unspecified atom stereocenters. The van der Waals surface area contributed by atoms with Crippen LogP contribution in [0.4, 0.5) is 0 Å². The van der Waals surface area contributed by atoms with Crippen LogP contribution in [0.25, 0.3) is 10.9 Å². The lowest BCUT2D eigenvalue weighted by atomic mass is 10.2. The van der Waals surface area contributed by atoms with Crippen LogP contribution in [-0.2, 0) is 0 Å². The van der Waals surface area contributed by atoms with E-state index < -0.39 is 0 Å². The molecule has 0 aliphatic carbocycles. The maximum Gasteiger partial charge on any atom is 0.0702 e. The minimum absolute atomic E-state index is 1.05. The third-order valence-electron chi connectivity index (χ3n) is 2.55. The zero-order chi connectivity index (χ0) is 11.5. The van der Waals surface area contributed by atoms with Crippen molar-refractivity contribution in [1.29, 1.82) is 0 Å². The summed E-state index contributed by atoms with van der Waals surface area (Å²) in [4.78, 5) is 6.83. The summed E-state index contributed by atoms with van der Waals surface area (Å²) >= 11 is 1.77. The number of aromatic nitrogens is 1. The summed E-state index contributed by atoms with van der Waals surface area (Å²) in [5.74, 6) is 0. The average molecular weight is 237 g/mol. The van der Waals surface area contributed by atoms with Gasteiger partial charge in [-0.1, -0.05) is 36.0 Å². The van der Waals surface area contributed by atoms with Crippen LogP contribution >= 0.6 is 11.8 Å². The second kappa shape index (κ2) is 4.60. The number of hydrogen-bond acceptors (Lipinski definition) is 2. The lowest BCUT2D eigenvalue weighted by Gasteiger charge is -2.03. The number of hydrogen-bond donors (Lipinski definition) is 0. The fraction of sp³-hybridized carbons (Fsp3) is 0. The first-order valence-corrected chi connectivity index (χ1v) is 6.31. The molecule has 0 fully saturated rings. The Morgan fingerprint density at radius 3 is 2.53 bits per heavy atom. The van der Waals surface area contributed by atoms with Gasteiger partial charge in [0.1, 0.15) is 0 Å². The second-order valence-corrected chi connectivity index (χ2v) is 4.92. The number of pyridine rings is 1. The van der Waals surface area contributed by atoms with Gasteiger partial charge in [-0.3, -0.25) is 4.98 Å². The number of fused-ring (bicyclic) bond motifs is 1. The predicted octanol–water partition coefficient (Wildman–Crippen LogP) is 4.39. The van der Waals surface area contributed by atoms with Crippen LogP contribution < -0.4 is 0 Å². The third-order valence-corrected chi connectivity index (χ3v) is 3.55. The number of benzene rings is 2. The standard InChI is InChI=1S/C15H11NS/c1-2-6-13(7-3-1)17-14-8-9-15-12(11-14)5-4-10-16-15/h1-11H. The van der Waals surface area contributed by atoms with Crippen LogP contribution in [-0.4, -0.2) is 4.98 Å². The minimum Gasteiger partial charge on any atom is -0.256 e. The SMILES string of the molecule is c1ccc(Sc2ccc3ncccc3c2)cc1. The van der Waals surface area contributed by atoms with E-state index in [0.29, 0.717) is 0 Å². The average Bonchev–Trinajstić information content (AvgIpc) is 2.40. The molecule has 17 heavy (non-hydrogen) atoms. The maximum atomic E-state index is 4.32. The van der Waals surface area contributed by atoms with Crippen LogP contribution in [0.2, 0.25) is 0 Å². The first kappa shape index (κ1) is 10.4. The predicted molar refractivity (Wildman–Crippen MR) is 72.3 cm³/mol. The monoisotopic (exact) mass is 237 g/mol. The first-order valence-electron chi connectivity index (χ1n) is 5.49. The molecule has 1 heterocycles. The van der Waals surface area contributed by atoms with Gasteiger partial charge in [0, 0.05) is 21.4 Å². The molecule has 0 N–H and O–H groups in total. The molecule has 0 radical (unpaired) electrons. The lowest BCUT2D eigenvalue weighted by molar-refractivity contribution is 1.38. The van der Waals surface area contributed by atoms with E-state index in [-0.39, 0.29) is 0 Å². The highest BCUT2D eigenvalue weighted by Gasteiger charge is 1.99. The molecule has 0 atom stereocenters. The first-order chi connectivity index (χ1) is 8.42. The molecule has 0 amide bonds. The fourth-order valence-corrected chi connectivity index (χ4v) is 2.63. The third kappa shape index (κ3) is 2.32. The Bertz CT molecular complexity index is 635. The van der Waals surface area contributed by atoms with E-state index in [9.17, 15) is 0 Å². The summed E-state index contributed by atoms with van der Waals surface area (Å²) in [6.45, 7) is 0. The summed E-state index contributed by atoms with van der Waals surface area (Å²) in [5, 5.41) is 1.19. The van der Waals surface area contributed by atoms with E-state index in [0.717, 1.165) is 5.52 Å². The molecule has 0 aliphatic heterocycles. The Balaban J connectivity index is 1.96. The highest BCUT2D eigenvalue weighted by atomic mass is 32.2. The topological polar surface area (TPSA) is 12.9 Å². The molecule has 0 saturated carbocycles. The van der Waals surface area contributed by atoms with Crippen molar-refractivity contribution in [3.63, 3.8) is 0 Å². The van der Waals surface area contributed by atoms with E-state index in [2.05, 4.69) is 53.5 Å². The Morgan fingerprint density at radius 2 is 1.65 bits per heavy atom. The van der Waals surface area contributed by atoms with Crippen molar-refractivity contribution in [3.8, 4) is 0 Å². The fourth-order valence-electron chi connectivity index (χ4n) is 1.74. The number of rotatable bonds is 2. The van der Waals surface area contributed by atoms with Crippen LogP contribution in [0.1, 0.15) is 0 Å². The van der Waals surface area contributed by atoms with Gasteiger partial charge in [0.05, 0.1) is 5.52 Å². The Hall–Kier alpha value is -1.80. The van der Waals surface area contributed by atoms with Gasteiger partial charge in [-0.15, -0.1) is 0 Å². The molecule has 3 aromatic rings. The van der Waals surface area contributed by atoms with Crippen molar-refractivity contribution < 1.29 is 0 Å². The smallest absolute Gasteiger partial charge is 0.0702 e. The molecular weight excluding hydrogens is 226 g/mol. The number of nitrogens with zero attached hydrogens (tertiary/aromatic N) is 1. The van der Waals surface area contributed by atoms with Crippen molar-refractivity contribution in [2.75, 3.05) is 0 Å². The van der Waals surface area contributed by atoms with Crippen molar-refractivity contribution in [1.82, 2.24) is 4.98 Å². The summed E-state index contributed by atoms with van der Waals surface area (Å²) in [5.41, 5.74) is 1.05. The molecule has 0 saturated heterocycles. The van der Waals surface area contributed by atoms with E-state index in [4.69, 9.17) is 0 Å². The molecule has 0 aliphatic rings. The van der Waals surface area contributed by atoms with Gasteiger partial charge in [-0.2, -0.15) is 0 Å². The molecule has 2 heteroatoms. The van der Waals surface area contributed by atoms with Gasteiger partial charge in [0.25, 0.3) is 0 Å². The zero-order valence-electron chi connectivity index (χ0n) is 9.21. The van der Waals surface area contributed by atoms with Crippen LogP contribution in [0, 0.1) is 0 Å². The lowest BCUT2D eigenvalue weighted by Crippen LogP contribution is -1.78. The van der Waals surface area contributed by atoms with Crippen LogP contribution in [0.3, 0.4) is 0 Å². The van der Waals surface area contributed by atoms with Crippen molar-refractivity contribution in [3.05, 3.63) is 66.9 Å². The summed E-state index contributed by atoms with van der Waals surface area (Å²) < 4.78 is 0.